The standard InChI is InChI=1S/C12H15NO2/c1-9-7-11(14-3)10(5-6-13-2)12(8-9)15-4/h7-8H,5-6H2,1,3-4H3. The Morgan fingerprint density at radius 3 is 2.13 bits per heavy atom. The average molecular weight is 205 g/mol. The van der Waals surface area contributed by atoms with Gasteiger partial charge in [0.2, 0.25) is 6.54 Å². The summed E-state index contributed by atoms with van der Waals surface area (Å²) in [5, 5.41) is 0. The van der Waals surface area contributed by atoms with Gasteiger partial charge in [-0.3, -0.25) is 0 Å². The first kappa shape index (κ1) is 11.4. The molecule has 1 aromatic rings. The van der Waals surface area contributed by atoms with Gasteiger partial charge in [-0.25, -0.2) is 6.57 Å². The van der Waals surface area contributed by atoms with Crippen molar-refractivity contribution in [3.63, 3.8) is 0 Å². The fraction of sp³-hybridized carbons (Fsp3) is 0.417. The number of rotatable bonds is 4. The lowest BCUT2D eigenvalue weighted by molar-refractivity contribution is 0.385. The van der Waals surface area contributed by atoms with Gasteiger partial charge >= 0.3 is 0 Å². The van der Waals surface area contributed by atoms with Crippen LogP contribution in [0.15, 0.2) is 12.1 Å². The molecule has 0 aliphatic carbocycles. The van der Waals surface area contributed by atoms with Crippen molar-refractivity contribution in [2.75, 3.05) is 20.8 Å². The lowest BCUT2D eigenvalue weighted by atomic mass is 10.1. The van der Waals surface area contributed by atoms with Crippen LogP contribution in [0.4, 0.5) is 0 Å². The molecule has 0 heterocycles. The van der Waals surface area contributed by atoms with Crippen LogP contribution >= 0.6 is 0 Å². The van der Waals surface area contributed by atoms with E-state index in [0.29, 0.717) is 13.0 Å². The second-order valence-corrected chi connectivity index (χ2v) is 3.28. The highest BCUT2D eigenvalue weighted by Gasteiger charge is 2.11. The van der Waals surface area contributed by atoms with E-state index in [0.717, 1.165) is 22.6 Å². The normalized spacial score (nSPS) is 9.47. The molecule has 0 saturated heterocycles. The van der Waals surface area contributed by atoms with E-state index in [1.807, 2.05) is 19.1 Å². The summed E-state index contributed by atoms with van der Waals surface area (Å²) in [6.45, 7) is 9.24. The number of ether oxygens (including phenoxy) is 2. The van der Waals surface area contributed by atoms with Crippen LogP contribution in [-0.4, -0.2) is 20.8 Å². The molecule has 1 aromatic carbocycles. The van der Waals surface area contributed by atoms with Gasteiger partial charge in [-0.05, 0) is 24.6 Å². The molecule has 15 heavy (non-hydrogen) atoms. The summed E-state index contributed by atoms with van der Waals surface area (Å²) < 4.78 is 10.6. The Hall–Kier alpha value is -1.69. The Balaban J connectivity index is 3.13. The molecular formula is C12H15NO2. The molecule has 0 N–H and O–H groups in total. The molecule has 0 unspecified atom stereocenters. The first-order valence-corrected chi connectivity index (χ1v) is 4.77. The van der Waals surface area contributed by atoms with Crippen molar-refractivity contribution in [2.24, 2.45) is 0 Å². The van der Waals surface area contributed by atoms with Crippen molar-refractivity contribution in [2.45, 2.75) is 13.3 Å². The topological polar surface area (TPSA) is 22.8 Å². The molecule has 0 radical (unpaired) electrons. The van der Waals surface area contributed by atoms with Crippen molar-refractivity contribution in [3.8, 4) is 11.5 Å². The zero-order chi connectivity index (χ0) is 11.3. The largest absolute Gasteiger partial charge is 0.496 e. The molecular weight excluding hydrogens is 190 g/mol. The molecule has 0 aliphatic heterocycles. The molecule has 0 fully saturated rings. The van der Waals surface area contributed by atoms with Crippen LogP contribution in [0.5, 0.6) is 11.5 Å². The summed E-state index contributed by atoms with van der Waals surface area (Å²) in [6, 6.07) is 3.92. The van der Waals surface area contributed by atoms with Gasteiger partial charge in [0, 0.05) is 5.56 Å². The van der Waals surface area contributed by atoms with Crippen LogP contribution in [0.25, 0.3) is 4.85 Å². The minimum atomic E-state index is 0.454. The van der Waals surface area contributed by atoms with E-state index in [1.54, 1.807) is 14.2 Å². The highest BCUT2D eigenvalue weighted by molar-refractivity contribution is 5.48. The first-order chi connectivity index (χ1) is 7.22. The Morgan fingerprint density at radius 1 is 1.20 bits per heavy atom. The van der Waals surface area contributed by atoms with Crippen LogP contribution in [-0.2, 0) is 6.42 Å². The molecule has 1 rings (SSSR count). The van der Waals surface area contributed by atoms with Crippen molar-refractivity contribution < 1.29 is 9.47 Å². The Labute approximate surface area is 90.5 Å². The summed E-state index contributed by atoms with van der Waals surface area (Å²) in [5.41, 5.74) is 2.07. The fourth-order valence-corrected chi connectivity index (χ4v) is 1.53. The van der Waals surface area contributed by atoms with Crippen molar-refractivity contribution in [3.05, 3.63) is 34.7 Å². The third-order valence-electron chi connectivity index (χ3n) is 2.23. The number of aryl methyl sites for hydroxylation is 1. The number of benzene rings is 1. The predicted molar refractivity (Wildman–Crippen MR) is 59.5 cm³/mol. The zero-order valence-electron chi connectivity index (χ0n) is 9.33. The van der Waals surface area contributed by atoms with Crippen molar-refractivity contribution in [1.82, 2.24) is 0 Å². The first-order valence-electron chi connectivity index (χ1n) is 4.77. The van der Waals surface area contributed by atoms with Gasteiger partial charge in [0.15, 0.2) is 0 Å². The molecule has 0 saturated carbocycles. The third-order valence-corrected chi connectivity index (χ3v) is 2.23. The van der Waals surface area contributed by atoms with Gasteiger partial charge in [-0.15, -0.1) is 0 Å². The summed E-state index contributed by atoms with van der Waals surface area (Å²) in [4.78, 5) is 3.34. The van der Waals surface area contributed by atoms with Crippen molar-refractivity contribution >= 4 is 0 Å². The highest BCUT2D eigenvalue weighted by atomic mass is 16.5. The average Bonchev–Trinajstić information content (AvgIpc) is 2.26. The minimum absolute atomic E-state index is 0.454. The smallest absolute Gasteiger partial charge is 0.218 e. The van der Waals surface area contributed by atoms with E-state index in [-0.39, 0.29) is 0 Å². The van der Waals surface area contributed by atoms with Gasteiger partial charge in [0.1, 0.15) is 11.5 Å². The molecule has 0 amide bonds. The molecule has 0 atom stereocenters. The van der Waals surface area contributed by atoms with E-state index >= 15 is 0 Å². The van der Waals surface area contributed by atoms with Crippen LogP contribution in [0.2, 0.25) is 0 Å². The maximum atomic E-state index is 6.79. The van der Waals surface area contributed by atoms with E-state index in [4.69, 9.17) is 16.0 Å². The zero-order valence-corrected chi connectivity index (χ0v) is 9.33. The Bertz CT molecular complexity index is 355. The summed E-state index contributed by atoms with van der Waals surface area (Å²) in [7, 11) is 3.27. The second-order valence-electron chi connectivity index (χ2n) is 3.28. The summed E-state index contributed by atoms with van der Waals surface area (Å²) in [5.74, 6) is 1.60. The number of hydrogen-bond acceptors (Lipinski definition) is 2. The van der Waals surface area contributed by atoms with Crippen LogP contribution in [0, 0.1) is 13.5 Å². The lowest BCUT2D eigenvalue weighted by Crippen LogP contribution is -1.99. The molecule has 0 spiro atoms. The van der Waals surface area contributed by atoms with Crippen LogP contribution < -0.4 is 9.47 Å². The third kappa shape index (κ3) is 2.63. The molecule has 0 aromatic heterocycles. The lowest BCUT2D eigenvalue weighted by Gasteiger charge is -2.12. The van der Waals surface area contributed by atoms with Crippen LogP contribution in [0.3, 0.4) is 0 Å². The van der Waals surface area contributed by atoms with Gasteiger partial charge < -0.3 is 14.3 Å². The number of nitrogens with zero attached hydrogens (tertiary/aromatic N) is 1. The molecule has 3 heteroatoms. The summed E-state index contributed by atoms with van der Waals surface area (Å²) in [6.07, 6.45) is 0.663. The van der Waals surface area contributed by atoms with E-state index in [9.17, 15) is 0 Å². The van der Waals surface area contributed by atoms with E-state index in [1.165, 1.54) is 0 Å². The predicted octanol–water partition coefficient (Wildman–Crippen LogP) is 2.47. The van der Waals surface area contributed by atoms with E-state index < -0.39 is 0 Å². The van der Waals surface area contributed by atoms with Gasteiger partial charge in [0.05, 0.1) is 20.6 Å². The Kier molecular flexibility index (Phi) is 3.99. The maximum Gasteiger partial charge on any atom is 0.218 e. The van der Waals surface area contributed by atoms with Crippen molar-refractivity contribution in [1.29, 1.82) is 0 Å². The van der Waals surface area contributed by atoms with Crippen LogP contribution in [0.1, 0.15) is 11.1 Å². The molecule has 0 bridgehead atoms. The fourth-order valence-electron chi connectivity index (χ4n) is 1.53. The summed E-state index contributed by atoms with van der Waals surface area (Å²) >= 11 is 0. The van der Waals surface area contributed by atoms with E-state index in [2.05, 4.69) is 4.85 Å². The monoisotopic (exact) mass is 205 g/mol. The second kappa shape index (κ2) is 5.26. The SMILES string of the molecule is [C-]#[N+]CCc1c(OC)cc(C)cc1OC. The number of methoxy groups -OCH3 is 2. The van der Waals surface area contributed by atoms with Gasteiger partial charge in [-0.2, -0.15) is 0 Å². The molecule has 80 valence electrons. The minimum Gasteiger partial charge on any atom is -0.496 e. The maximum absolute atomic E-state index is 6.79. The van der Waals surface area contributed by atoms with Gasteiger partial charge in [-0.1, -0.05) is 0 Å². The van der Waals surface area contributed by atoms with Gasteiger partial charge in [0.25, 0.3) is 0 Å². The molecule has 0 aliphatic rings. The quantitative estimate of drug-likeness (QED) is 0.705. The number of hydrogen-bond donors (Lipinski definition) is 0. The Morgan fingerprint density at radius 2 is 1.73 bits per heavy atom. The molecule has 3 nitrogen and oxygen atoms in total. The highest BCUT2D eigenvalue weighted by Crippen LogP contribution is 2.30.